The SMILES string of the molecule is N#CCc1ccc(NC(=O)/C=C/c2nc3ccccc3s2)cc1. The molecule has 3 aromatic rings. The van der Waals surface area contributed by atoms with Gasteiger partial charge in [0.05, 0.1) is 22.7 Å². The highest BCUT2D eigenvalue weighted by Gasteiger charge is 2.02. The van der Waals surface area contributed by atoms with E-state index in [1.165, 1.54) is 6.08 Å². The third-order valence-corrected chi connectivity index (χ3v) is 4.19. The molecule has 0 atom stereocenters. The van der Waals surface area contributed by atoms with E-state index in [1.54, 1.807) is 29.5 Å². The van der Waals surface area contributed by atoms with Crippen molar-refractivity contribution in [1.82, 2.24) is 4.98 Å². The first-order valence-corrected chi connectivity index (χ1v) is 7.87. The van der Waals surface area contributed by atoms with E-state index < -0.39 is 0 Å². The number of nitrogens with one attached hydrogen (secondary N) is 1. The number of aromatic nitrogens is 1. The lowest BCUT2D eigenvalue weighted by molar-refractivity contribution is -0.111. The Kier molecular flexibility index (Phi) is 4.46. The molecule has 3 rings (SSSR count). The van der Waals surface area contributed by atoms with E-state index in [2.05, 4.69) is 16.4 Å². The fourth-order valence-corrected chi connectivity index (χ4v) is 2.96. The Bertz CT molecular complexity index is 871. The van der Waals surface area contributed by atoms with Crippen LogP contribution in [0.15, 0.2) is 54.6 Å². The van der Waals surface area contributed by atoms with Gasteiger partial charge in [0.15, 0.2) is 0 Å². The van der Waals surface area contributed by atoms with E-state index in [0.717, 1.165) is 20.8 Å². The normalized spacial score (nSPS) is 10.7. The van der Waals surface area contributed by atoms with Gasteiger partial charge in [0, 0.05) is 11.8 Å². The number of thiazole rings is 1. The summed E-state index contributed by atoms with van der Waals surface area (Å²) in [4.78, 5) is 16.4. The van der Waals surface area contributed by atoms with Gasteiger partial charge in [0.25, 0.3) is 0 Å². The van der Waals surface area contributed by atoms with Gasteiger partial charge in [-0.2, -0.15) is 5.26 Å². The second-order valence-corrected chi connectivity index (χ2v) is 5.94. The number of nitriles is 1. The van der Waals surface area contributed by atoms with Crippen molar-refractivity contribution in [1.29, 1.82) is 5.26 Å². The maximum Gasteiger partial charge on any atom is 0.248 e. The largest absolute Gasteiger partial charge is 0.323 e. The van der Waals surface area contributed by atoms with Crippen molar-refractivity contribution in [2.45, 2.75) is 6.42 Å². The Morgan fingerprint density at radius 2 is 2.00 bits per heavy atom. The molecule has 5 heteroatoms. The van der Waals surface area contributed by atoms with Crippen molar-refractivity contribution in [2.24, 2.45) is 0 Å². The molecule has 0 fully saturated rings. The third-order valence-electron chi connectivity index (χ3n) is 3.19. The fraction of sp³-hybridized carbons (Fsp3) is 0.0556. The zero-order valence-corrected chi connectivity index (χ0v) is 13.0. The number of rotatable bonds is 4. The van der Waals surface area contributed by atoms with Crippen molar-refractivity contribution in [3.8, 4) is 6.07 Å². The summed E-state index contributed by atoms with van der Waals surface area (Å²) in [6.07, 6.45) is 3.55. The first-order valence-electron chi connectivity index (χ1n) is 7.05. The molecule has 2 aromatic carbocycles. The van der Waals surface area contributed by atoms with E-state index in [0.29, 0.717) is 12.1 Å². The topological polar surface area (TPSA) is 65.8 Å². The number of anilines is 1. The van der Waals surface area contributed by atoms with Crippen LogP contribution < -0.4 is 5.32 Å². The highest BCUT2D eigenvalue weighted by Crippen LogP contribution is 2.22. The van der Waals surface area contributed by atoms with Crippen molar-refractivity contribution < 1.29 is 4.79 Å². The maximum atomic E-state index is 11.9. The number of hydrogen-bond donors (Lipinski definition) is 1. The van der Waals surface area contributed by atoms with Crippen LogP contribution in [0.2, 0.25) is 0 Å². The first kappa shape index (κ1) is 14.9. The predicted octanol–water partition coefficient (Wildman–Crippen LogP) is 4.01. The smallest absolute Gasteiger partial charge is 0.248 e. The standard InChI is InChI=1S/C18H13N3OS/c19-12-11-13-5-7-14(8-6-13)20-17(22)9-10-18-21-15-3-1-2-4-16(15)23-18/h1-10H,11H2,(H,20,22)/b10-9+. The van der Waals surface area contributed by atoms with Crippen molar-refractivity contribution >= 4 is 39.2 Å². The van der Waals surface area contributed by atoms with Gasteiger partial charge in [-0.3, -0.25) is 4.79 Å². The van der Waals surface area contributed by atoms with E-state index in [-0.39, 0.29) is 5.91 Å². The van der Waals surface area contributed by atoms with Gasteiger partial charge in [-0.25, -0.2) is 4.98 Å². The number of hydrogen-bond acceptors (Lipinski definition) is 4. The monoisotopic (exact) mass is 319 g/mol. The van der Waals surface area contributed by atoms with E-state index >= 15 is 0 Å². The van der Waals surface area contributed by atoms with E-state index in [4.69, 9.17) is 5.26 Å². The van der Waals surface area contributed by atoms with Crippen LogP contribution in [-0.4, -0.2) is 10.9 Å². The zero-order chi connectivity index (χ0) is 16.1. The number of carbonyl (C=O) groups is 1. The summed E-state index contributed by atoms with van der Waals surface area (Å²) in [6.45, 7) is 0. The van der Waals surface area contributed by atoms with Crippen LogP contribution in [0.1, 0.15) is 10.6 Å². The molecule has 1 N–H and O–H groups in total. The summed E-state index contributed by atoms with van der Waals surface area (Å²) in [5.41, 5.74) is 2.56. The molecule has 0 spiro atoms. The van der Waals surface area contributed by atoms with Gasteiger partial charge in [0.1, 0.15) is 5.01 Å². The molecule has 0 radical (unpaired) electrons. The predicted molar refractivity (Wildman–Crippen MR) is 93.0 cm³/mol. The molecule has 1 amide bonds. The van der Waals surface area contributed by atoms with Crippen LogP contribution in [0.4, 0.5) is 5.69 Å². The van der Waals surface area contributed by atoms with Crippen LogP contribution in [0, 0.1) is 11.3 Å². The molecule has 1 aromatic heterocycles. The average Bonchev–Trinajstić information content (AvgIpc) is 2.98. The Labute approximate surface area is 137 Å². The minimum atomic E-state index is -0.211. The summed E-state index contributed by atoms with van der Waals surface area (Å²) in [6, 6.07) is 17.2. The molecular weight excluding hydrogens is 306 g/mol. The number of carbonyl (C=O) groups excluding carboxylic acids is 1. The van der Waals surface area contributed by atoms with Crippen LogP contribution in [0.3, 0.4) is 0 Å². The molecule has 0 bridgehead atoms. The summed E-state index contributed by atoms with van der Waals surface area (Å²) >= 11 is 1.54. The van der Waals surface area contributed by atoms with Gasteiger partial charge in [-0.1, -0.05) is 24.3 Å². The van der Waals surface area contributed by atoms with Gasteiger partial charge in [-0.05, 0) is 35.9 Å². The fourth-order valence-electron chi connectivity index (χ4n) is 2.09. The van der Waals surface area contributed by atoms with Crippen LogP contribution in [0.5, 0.6) is 0 Å². The van der Waals surface area contributed by atoms with Crippen LogP contribution in [0.25, 0.3) is 16.3 Å². The Morgan fingerprint density at radius 1 is 1.22 bits per heavy atom. The van der Waals surface area contributed by atoms with Crippen molar-refractivity contribution in [3.63, 3.8) is 0 Å². The summed E-state index contributed by atoms with van der Waals surface area (Å²) < 4.78 is 1.10. The number of fused-ring (bicyclic) bond motifs is 1. The number of benzene rings is 2. The Balaban J connectivity index is 1.65. The minimum Gasteiger partial charge on any atom is -0.323 e. The molecule has 23 heavy (non-hydrogen) atoms. The lowest BCUT2D eigenvalue weighted by Crippen LogP contribution is -2.07. The van der Waals surface area contributed by atoms with Crippen molar-refractivity contribution in [3.05, 3.63) is 65.2 Å². The maximum absolute atomic E-state index is 11.9. The molecule has 4 nitrogen and oxygen atoms in total. The molecule has 1 heterocycles. The lowest BCUT2D eigenvalue weighted by atomic mass is 10.1. The molecule has 0 aliphatic heterocycles. The Hall–Kier alpha value is -2.97. The Morgan fingerprint density at radius 3 is 2.74 bits per heavy atom. The average molecular weight is 319 g/mol. The van der Waals surface area contributed by atoms with Gasteiger partial charge < -0.3 is 5.32 Å². The van der Waals surface area contributed by atoms with E-state index in [1.807, 2.05) is 36.4 Å². The first-order chi connectivity index (χ1) is 11.2. The molecule has 0 aliphatic carbocycles. The number of para-hydroxylation sites is 1. The van der Waals surface area contributed by atoms with Crippen LogP contribution >= 0.6 is 11.3 Å². The third kappa shape index (κ3) is 3.82. The minimum absolute atomic E-state index is 0.211. The molecule has 0 saturated carbocycles. The van der Waals surface area contributed by atoms with Gasteiger partial charge in [-0.15, -0.1) is 11.3 Å². The molecule has 112 valence electrons. The van der Waals surface area contributed by atoms with E-state index in [9.17, 15) is 4.79 Å². The number of nitrogens with zero attached hydrogens (tertiary/aromatic N) is 2. The van der Waals surface area contributed by atoms with Gasteiger partial charge >= 0.3 is 0 Å². The summed E-state index contributed by atoms with van der Waals surface area (Å²) in [7, 11) is 0. The molecule has 0 unspecified atom stereocenters. The number of amides is 1. The second-order valence-electron chi connectivity index (χ2n) is 4.87. The van der Waals surface area contributed by atoms with Crippen LogP contribution in [-0.2, 0) is 11.2 Å². The molecule has 0 aliphatic rings. The lowest BCUT2D eigenvalue weighted by Gasteiger charge is -2.02. The summed E-state index contributed by atoms with van der Waals surface area (Å²) in [5, 5.41) is 12.2. The molecular formula is C18H13N3OS. The quantitative estimate of drug-likeness (QED) is 0.739. The van der Waals surface area contributed by atoms with Crippen molar-refractivity contribution in [2.75, 3.05) is 5.32 Å². The highest BCUT2D eigenvalue weighted by molar-refractivity contribution is 7.19. The molecule has 0 saturated heterocycles. The zero-order valence-electron chi connectivity index (χ0n) is 12.2. The highest BCUT2D eigenvalue weighted by atomic mass is 32.1. The summed E-state index contributed by atoms with van der Waals surface area (Å²) in [5.74, 6) is -0.211. The second kappa shape index (κ2) is 6.86. The van der Waals surface area contributed by atoms with Gasteiger partial charge in [0.2, 0.25) is 5.91 Å².